The van der Waals surface area contributed by atoms with Crippen LogP contribution in [0.4, 0.5) is 18.9 Å². The van der Waals surface area contributed by atoms with E-state index in [4.69, 9.17) is 4.74 Å². The highest BCUT2D eigenvalue weighted by Crippen LogP contribution is 2.30. The number of methoxy groups -OCH3 is 1. The van der Waals surface area contributed by atoms with Gasteiger partial charge in [-0.1, -0.05) is 30.3 Å². The van der Waals surface area contributed by atoms with Crippen LogP contribution in [0.3, 0.4) is 0 Å². The van der Waals surface area contributed by atoms with Crippen molar-refractivity contribution >= 4 is 21.6 Å². The first kappa shape index (κ1) is 26.2. The highest BCUT2D eigenvalue weighted by molar-refractivity contribution is 7.89. The van der Waals surface area contributed by atoms with Gasteiger partial charge in [0.2, 0.25) is 15.9 Å². The fraction of sp³-hybridized carbons (Fsp3) is 0.240. The molecule has 0 atom stereocenters. The fourth-order valence-corrected chi connectivity index (χ4v) is 4.93. The second-order valence-corrected chi connectivity index (χ2v) is 9.77. The zero-order chi connectivity index (χ0) is 25.6. The number of carbonyl (C=O) groups is 1. The summed E-state index contributed by atoms with van der Waals surface area (Å²) in [5, 5.41) is 2.47. The molecule has 0 aliphatic heterocycles. The molecule has 3 rings (SSSR count). The Morgan fingerprint density at radius 2 is 1.66 bits per heavy atom. The highest BCUT2D eigenvalue weighted by atomic mass is 32.2. The number of carbonyl (C=O) groups excluding carboxylic acids is 1. The van der Waals surface area contributed by atoms with E-state index < -0.39 is 34.2 Å². The van der Waals surface area contributed by atoms with E-state index in [1.165, 1.54) is 19.2 Å². The van der Waals surface area contributed by atoms with Crippen molar-refractivity contribution in [1.29, 1.82) is 0 Å². The minimum absolute atomic E-state index is 0.00573. The van der Waals surface area contributed by atoms with Gasteiger partial charge >= 0.3 is 6.18 Å². The molecule has 0 saturated carbocycles. The summed E-state index contributed by atoms with van der Waals surface area (Å²) in [5.74, 6) is -0.147. The summed E-state index contributed by atoms with van der Waals surface area (Å²) in [7, 11) is -2.58. The molecule has 0 unspecified atom stereocenters. The van der Waals surface area contributed by atoms with Crippen molar-refractivity contribution < 1.29 is 31.1 Å². The van der Waals surface area contributed by atoms with E-state index in [0.717, 1.165) is 34.1 Å². The number of sulfonamides is 1. The third-order valence-corrected chi connectivity index (χ3v) is 7.15. The minimum atomic E-state index is -4.50. The summed E-state index contributed by atoms with van der Waals surface area (Å²) in [6, 6.07) is 17.6. The molecule has 0 fully saturated rings. The summed E-state index contributed by atoms with van der Waals surface area (Å²) >= 11 is 0. The summed E-state index contributed by atoms with van der Waals surface area (Å²) in [5.41, 5.74) is 0.786. The van der Waals surface area contributed by atoms with Crippen LogP contribution in [0.1, 0.15) is 16.7 Å². The zero-order valence-electron chi connectivity index (χ0n) is 19.2. The molecule has 0 spiro atoms. The highest BCUT2D eigenvalue weighted by Gasteiger charge is 2.30. The number of nitrogens with zero attached hydrogens (tertiary/aromatic N) is 1. The van der Waals surface area contributed by atoms with E-state index in [-0.39, 0.29) is 17.1 Å². The monoisotopic (exact) mass is 506 g/mol. The lowest BCUT2D eigenvalue weighted by Gasteiger charge is -2.22. The van der Waals surface area contributed by atoms with Gasteiger partial charge < -0.3 is 10.1 Å². The number of hydrogen-bond donors (Lipinski definition) is 1. The Hall–Kier alpha value is -3.37. The summed E-state index contributed by atoms with van der Waals surface area (Å²) in [4.78, 5) is 12.7. The standard InChI is InChI=1S/C25H25F3N2O4S/c1-18-16-22(12-13-23(18)34-2)35(32,33)30(15-14-19-6-4-3-5-7-19)17-24(31)29-21-10-8-20(9-11-21)25(26,27)28/h3-13,16H,14-15,17H2,1-2H3,(H,29,31). The summed E-state index contributed by atoms with van der Waals surface area (Å²) in [6.45, 7) is 1.22. The van der Waals surface area contributed by atoms with Gasteiger partial charge in [-0.3, -0.25) is 4.79 Å². The topological polar surface area (TPSA) is 75.7 Å². The van der Waals surface area contributed by atoms with Crippen molar-refractivity contribution in [2.45, 2.75) is 24.4 Å². The van der Waals surface area contributed by atoms with Crippen LogP contribution in [0, 0.1) is 6.92 Å². The number of amides is 1. The molecule has 1 N–H and O–H groups in total. The van der Waals surface area contributed by atoms with E-state index >= 15 is 0 Å². The van der Waals surface area contributed by atoms with Crippen molar-refractivity contribution in [1.82, 2.24) is 4.31 Å². The molecular formula is C25H25F3N2O4S. The molecule has 0 aliphatic rings. The van der Waals surface area contributed by atoms with Crippen LogP contribution in [0.25, 0.3) is 0 Å². The molecule has 3 aromatic carbocycles. The molecule has 0 bridgehead atoms. The summed E-state index contributed by atoms with van der Waals surface area (Å²) < 4.78 is 71.4. The van der Waals surface area contributed by atoms with Crippen molar-refractivity contribution in [2.75, 3.05) is 25.5 Å². The molecule has 6 nitrogen and oxygen atoms in total. The Morgan fingerprint density at radius 3 is 2.23 bits per heavy atom. The maximum absolute atomic E-state index is 13.4. The number of aryl methyl sites for hydroxylation is 1. The maximum atomic E-state index is 13.4. The number of ether oxygens (including phenoxy) is 1. The second-order valence-electron chi connectivity index (χ2n) is 7.83. The van der Waals surface area contributed by atoms with Gasteiger partial charge in [0.25, 0.3) is 0 Å². The van der Waals surface area contributed by atoms with Gasteiger partial charge in [-0.2, -0.15) is 17.5 Å². The molecular weight excluding hydrogens is 481 g/mol. The van der Waals surface area contributed by atoms with E-state index in [0.29, 0.717) is 17.7 Å². The van der Waals surface area contributed by atoms with Crippen LogP contribution in [0.2, 0.25) is 0 Å². The number of halogens is 3. The Labute approximate surface area is 202 Å². The van der Waals surface area contributed by atoms with E-state index in [2.05, 4.69) is 5.32 Å². The second kappa shape index (κ2) is 10.9. The Balaban J connectivity index is 1.82. The first-order valence-electron chi connectivity index (χ1n) is 10.7. The molecule has 0 aromatic heterocycles. The predicted molar refractivity (Wildman–Crippen MR) is 127 cm³/mol. The van der Waals surface area contributed by atoms with Crippen LogP contribution in [0.15, 0.2) is 77.7 Å². The van der Waals surface area contributed by atoms with Crippen LogP contribution < -0.4 is 10.1 Å². The Bertz CT molecular complexity index is 1260. The van der Waals surface area contributed by atoms with Crippen LogP contribution in [-0.4, -0.2) is 38.8 Å². The van der Waals surface area contributed by atoms with E-state index in [1.807, 2.05) is 30.3 Å². The van der Waals surface area contributed by atoms with Crippen molar-refractivity contribution in [3.63, 3.8) is 0 Å². The quantitative estimate of drug-likeness (QED) is 0.448. The molecule has 0 aliphatic carbocycles. The minimum Gasteiger partial charge on any atom is -0.496 e. The lowest BCUT2D eigenvalue weighted by molar-refractivity contribution is -0.137. The van der Waals surface area contributed by atoms with Crippen molar-refractivity contribution in [3.05, 3.63) is 89.5 Å². The van der Waals surface area contributed by atoms with Gasteiger partial charge in [0.1, 0.15) is 5.75 Å². The molecule has 0 saturated heterocycles. The predicted octanol–water partition coefficient (Wildman–Crippen LogP) is 4.89. The fourth-order valence-electron chi connectivity index (χ4n) is 3.45. The normalized spacial score (nSPS) is 11.9. The lowest BCUT2D eigenvalue weighted by atomic mass is 10.1. The molecule has 3 aromatic rings. The largest absolute Gasteiger partial charge is 0.496 e. The Morgan fingerprint density at radius 1 is 1.00 bits per heavy atom. The number of anilines is 1. The van der Waals surface area contributed by atoms with Gasteiger partial charge in [-0.05, 0) is 66.9 Å². The molecule has 0 radical (unpaired) electrons. The zero-order valence-corrected chi connectivity index (χ0v) is 20.0. The van der Waals surface area contributed by atoms with Crippen LogP contribution in [0.5, 0.6) is 5.75 Å². The van der Waals surface area contributed by atoms with Gasteiger partial charge in [-0.25, -0.2) is 8.42 Å². The third-order valence-electron chi connectivity index (χ3n) is 5.31. The SMILES string of the molecule is COc1ccc(S(=O)(=O)N(CCc2ccccc2)CC(=O)Nc2ccc(C(F)(F)F)cc2)cc1C. The van der Waals surface area contributed by atoms with E-state index in [1.54, 1.807) is 13.0 Å². The third kappa shape index (κ3) is 6.83. The number of hydrogen-bond acceptors (Lipinski definition) is 4. The number of benzene rings is 3. The Kier molecular flexibility index (Phi) is 8.18. The number of rotatable bonds is 9. The number of alkyl halides is 3. The first-order chi connectivity index (χ1) is 16.5. The van der Waals surface area contributed by atoms with E-state index in [9.17, 15) is 26.4 Å². The van der Waals surface area contributed by atoms with Gasteiger partial charge in [0, 0.05) is 12.2 Å². The molecule has 10 heteroatoms. The van der Waals surface area contributed by atoms with Crippen molar-refractivity contribution in [2.24, 2.45) is 0 Å². The molecule has 0 heterocycles. The van der Waals surface area contributed by atoms with Crippen molar-refractivity contribution in [3.8, 4) is 5.75 Å². The maximum Gasteiger partial charge on any atom is 0.416 e. The lowest BCUT2D eigenvalue weighted by Crippen LogP contribution is -2.39. The van der Waals surface area contributed by atoms with Crippen LogP contribution >= 0.6 is 0 Å². The molecule has 186 valence electrons. The molecule has 35 heavy (non-hydrogen) atoms. The van der Waals surface area contributed by atoms with Gasteiger partial charge in [0.15, 0.2) is 0 Å². The number of nitrogens with one attached hydrogen (secondary N) is 1. The van der Waals surface area contributed by atoms with Crippen LogP contribution in [-0.2, 0) is 27.4 Å². The van der Waals surface area contributed by atoms with Gasteiger partial charge in [-0.15, -0.1) is 0 Å². The summed E-state index contributed by atoms with van der Waals surface area (Å²) in [6.07, 6.45) is -4.13. The van der Waals surface area contributed by atoms with Gasteiger partial charge in [0.05, 0.1) is 24.1 Å². The average Bonchev–Trinajstić information content (AvgIpc) is 2.82. The smallest absolute Gasteiger partial charge is 0.416 e. The molecule has 1 amide bonds. The first-order valence-corrected chi connectivity index (χ1v) is 12.1. The average molecular weight is 507 g/mol.